The van der Waals surface area contributed by atoms with Crippen LogP contribution in [-0.4, -0.2) is 19.4 Å². The fourth-order valence-electron chi connectivity index (χ4n) is 8.73. The van der Waals surface area contributed by atoms with Gasteiger partial charge in [0.2, 0.25) is 0 Å². The number of rotatable bonds is 11. The molecule has 3 aromatic carbocycles. The molecule has 0 saturated heterocycles. The van der Waals surface area contributed by atoms with E-state index >= 15 is 0 Å². The number of fused-ring (bicyclic) bond motifs is 2. The van der Waals surface area contributed by atoms with E-state index in [9.17, 15) is 0 Å². The standard InChI is InChI=1S/C25H37Si2.C15H14.C5H5.Zr/c1-10-11-12-25(3)17-20-14-19-13-18(2)23(26(4,5)6)15-21(19)22(20)16-24(25)27(7,8)9;1-3-8-14(9-4-1)12-7-13-15-10-5-2-6-11-15;1-2-4-5-3-1;/h13-16H,10-12H2,1-9H3;1-6,8-11H,12-13H2;1-3H,4H2;. The number of hydrogen-bond donors (Lipinski definition) is 0. The van der Waals surface area contributed by atoms with Gasteiger partial charge < -0.3 is 0 Å². The van der Waals surface area contributed by atoms with Crippen molar-refractivity contribution in [2.75, 3.05) is 0 Å². The van der Waals surface area contributed by atoms with Gasteiger partial charge in [-0.25, -0.2) is 0 Å². The fourth-order valence-corrected chi connectivity index (χ4v) is 22.6. The number of hydrogen-bond acceptors (Lipinski definition) is 0. The summed E-state index contributed by atoms with van der Waals surface area (Å²) in [6.07, 6.45) is 19.8. The average Bonchev–Trinajstić information content (AvgIpc) is 3.68. The zero-order valence-electron chi connectivity index (χ0n) is 31.1. The van der Waals surface area contributed by atoms with Gasteiger partial charge in [0, 0.05) is 0 Å². The number of benzene rings is 3. The van der Waals surface area contributed by atoms with E-state index in [-0.39, 0.29) is 5.41 Å². The van der Waals surface area contributed by atoms with Gasteiger partial charge in [-0.15, -0.1) is 0 Å². The van der Waals surface area contributed by atoms with Crippen LogP contribution in [0.1, 0.15) is 56.2 Å². The first kappa shape index (κ1) is 35.4. The molecule has 0 N–H and O–H groups in total. The second-order valence-electron chi connectivity index (χ2n) is 16.7. The Morgan fingerprint density at radius 2 is 1.42 bits per heavy atom. The molecule has 0 fully saturated rings. The Balaban J connectivity index is 1.76. The summed E-state index contributed by atoms with van der Waals surface area (Å²) in [7, 11) is -3.21. The van der Waals surface area contributed by atoms with E-state index in [2.05, 4.69) is 163 Å². The van der Waals surface area contributed by atoms with Crippen molar-refractivity contribution in [1.29, 1.82) is 0 Å². The quantitative estimate of drug-likeness (QED) is 0.172. The molecule has 48 heavy (non-hydrogen) atoms. The summed E-state index contributed by atoms with van der Waals surface area (Å²) in [6.45, 7) is 22.8. The van der Waals surface area contributed by atoms with Crippen LogP contribution in [0.3, 0.4) is 0 Å². The van der Waals surface area contributed by atoms with Gasteiger partial charge in [0.15, 0.2) is 0 Å². The van der Waals surface area contributed by atoms with Gasteiger partial charge in [0.1, 0.15) is 0 Å². The molecule has 3 aliphatic rings. The van der Waals surface area contributed by atoms with E-state index in [1.165, 1.54) is 46.4 Å². The molecule has 0 bridgehead atoms. The minimum absolute atomic E-state index is 0.0886. The predicted octanol–water partition coefficient (Wildman–Crippen LogP) is 9.87. The average molecular weight is 744 g/mol. The van der Waals surface area contributed by atoms with Crippen LogP contribution in [0.5, 0.6) is 0 Å². The number of unbranched alkanes of at least 4 members (excludes halogenated alkanes) is 1. The summed E-state index contributed by atoms with van der Waals surface area (Å²) < 4.78 is 5.48. The van der Waals surface area contributed by atoms with E-state index < -0.39 is 37.4 Å². The Morgan fingerprint density at radius 1 is 0.792 bits per heavy atom. The van der Waals surface area contributed by atoms with Crippen LogP contribution in [0.15, 0.2) is 114 Å². The molecule has 3 aliphatic carbocycles. The monoisotopic (exact) mass is 742 g/mol. The van der Waals surface area contributed by atoms with Crippen molar-refractivity contribution < 1.29 is 21.3 Å². The van der Waals surface area contributed by atoms with E-state index in [1.54, 1.807) is 24.8 Å². The molecule has 0 saturated carbocycles. The first-order valence-electron chi connectivity index (χ1n) is 18.3. The van der Waals surface area contributed by atoms with Crippen LogP contribution in [-0.2, 0) is 34.1 Å². The second kappa shape index (κ2) is 14.0. The molecular formula is C45H56Si2Zr. The van der Waals surface area contributed by atoms with Crippen LogP contribution in [0.2, 0.25) is 39.3 Å². The van der Waals surface area contributed by atoms with Gasteiger partial charge in [0.05, 0.1) is 0 Å². The SMILES string of the molecule is CCCCC1(C)C([Si](C)(C)C)=CC2=c3cc([Si](C)(C)C)c(C)cc3=CC2=[C]1[Zr]([C]1=CC=CC1)=[C](Cc1ccccc1)Cc1ccccc1. The van der Waals surface area contributed by atoms with E-state index in [4.69, 9.17) is 0 Å². The van der Waals surface area contributed by atoms with E-state index in [0.717, 1.165) is 19.3 Å². The number of aryl methyl sites for hydroxylation is 1. The van der Waals surface area contributed by atoms with Crippen molar-refractivity contribution in [2.45, 2.75) is 98.6 Å². The van der Waals surface area contributed by atoms with Crippen molar-refractivity contribution in [3.05, 3.63) is 142 Å². The fraction of sp³-hybridized carbons (Fsp3) is 0.356. The molecular weight excluding hydrogens is 688 g/mol. The first-order chi connectivity index (χ1) is 22.8. The summed E-state index contributed by atoms with van der Waals surface area (Å²) in [6, 6.07) is 27.9. The van der Waals surface area contributed by atoms with Crippen LogP contribution >= 0.6 is 0 Å². The molecule has 0 amide bonds. The Hall–Kier alpha value is -2.45. The third-order valence-corrected chi connectivity index (χ3v) is 23.7. The molecule has 0 aromatic heterocycles. The summed E-state index contributed by atoms with van der Waals surface area (Å²) in [5.74, 6) is 0. The van der Waals surface area contributed by atoms with Crippen molar-refractivity contribution in [1.82, 2.24) is 0 Å². The van der Waals surface area contributed by atoms with Gasteiger partial charge in [-0.1, -0.05) is 0 Å². The molecule has 1 unspecified atom stereocenters. The predicted molar refractivity (Wildman–Crippen MR) is 215 cm³/mol. The third-order valence-electron chi connectivity index (χ3n) is 10.8. The minimum atomic E-state index is -2.71. The zero-order chi connectivity index (χ0) is 34.3. The molecule has 3 aromatic rings. The Morgan fingerprint density at radius 3 is 1.94 bits per heavy atom. The van der Waals surface area contributed by atoms with Crippen LogP contribution in [0.25, 0.3) is 11.6 Å². The van der Waals surface area contributed by atoms with Gasteiger partial charge in [-0.3, -0.25) is 0 Å². The molecule has 0 aliphatic heterocycles. The van der Waals surface area contributed by atoms with Crippen LogP contribution < -0.4 is 15.6 Å². The van der Waals surface area contributed by atoms with Crippen LogP contribution in [0.4, 0.5) is 0 Å². The normalized spacial score (nSPS) is 18.7. The molecule has 0 heterocycles. The van der Waals surface area contributed by atoms with Crippen LogP contribution in [0, 0.1) is 12.3 Å². The topological polar surface area (TPSA) is 0 Å². The second-order valence-corrected chi connectivity index (χ2v) is 33.2. The summed E-state index contributed by atoms with van der Waals surface area (Å²) in [4.78, 5) is 0. The Labute approximate surface area is 301 Å². The summed E-state index contributed by atoms with van der Waals surface area (Å²) in [5, 5.41) is 6.37. The van der Waals surface area contributed by atoms with Gasteiger partial charge in [-0.2, -0.15) is 0 Å². The van der Waals surface area contributed by atoms with Crippen molar-refractivity contribution in [3.8, 4) is 0 Å². The van der Waals surface area contributed by atoms with Gasteiger partial charge in [0.25, 0.3) is 0 Å². The zero-order valence-corrected chi connectivity index (χ0v) is 35.5. The van der Waals surface area contributed by atoms with Gasteiger partial charge >= 0.3 is 303 Å². The van der Waals surface area contributed by atoms with Crippen molar-refractivity contribution in [3.63, 3.8) is 0 Å². The maximum atomic E-state index is 2.75. The first-order valence-corrected chi connectivity index (χ1v) is 29.0. The molecule has 3 heteroatoms. The van der Waals surface area contributed by atoms with E-state index in [1.807, 2.05) is 6.49 Å². The summed E-state index contributed by atoms with van der Waals surface area (Å²) >= 11 is -2.71. The summed E-state index contributed by atoms with van der Waals surface area (Å²) in [5.41, 5.74) is 7.65. The number of allylic oxidation sites excluding steroid dienone is 8. The Kier molecular flexibility index (Phi) is 10.4. The van der Waals surface area contributed by atoms with Crippen molar-refractivity contribution in [2.24, 2.45) is 5.41 Å². The third kappa shape index (κ3) is 7.08. The molecule has 6 rings (SSSR count). The van der Waals surface area contributed by atoms with E-state index in [0.29, 0.717) is 0 Å². The van der Waals surface area contributed by atoms with Crippen molar-refractivity contribution >= 4 is 36.2 Å². The Bertz CT molecular complexity index is 1950. The molecule has 248 valence electrons. The maximum absolute atomic E-state index is 2.75. The van der Waals surface area contributed by atoms with Gasteiger partial charge in [-0.05, 0) is 0 Å². The molecule has 1 atom stereocenters. The molecule has 0 radical (unpaired) electrons. The molecule has 0 spiro atoms. The molecule has 0 nitrogen and oxygen atoms in total.